The number of halogens is 1. The maximum absolute atomic E-state index is 12.9. The molecule has 1 aliphatic heterocycles. The molecule has 5 nitrogen and oxygen atoms in total. The first-order valence-electron chi connectivity index (χ1n) is 8.22. The van der Waals surface area contributed by atoms with Crippen molar-refractivity contribution in [1.29, 1.82) is 0 Å². The first-order valence-corrected chi connectivity index (χ1v) is 9.03. The van der Waals surface area contributed by atoms with Gasteiger partial charge in [-0.3, -0.25) is 9.48 Å². The molecule has 24 heavy (non-hydrogen) atoms. The van der Waals surface area contributed by atoms with Gasteiger partial charge in [0.1, 0.15) is 4.83 Å². The van der Waals surface area contributed by atoms with Crippen LogP contribution in [-0.2, 0) is 7.05 Å². The minimum Gasteiger partial charge on any atom is -0.337 e. The van der Waals surface area contributed by atoms with Gasteiger partial charge in [-0.25, -0.2) is 0 Å². The molecule has 0 bridgehead atoms. The fourth-order valence-electron chi connectivity index (χ4n) is 3.30. The highest BCUT2D eigenvalue weighted by atomic mass is 35.5. The van der Waals surface area contributed by atoms with Crippen LogP contribution < -0.4 is 5.73 Å². The molecule has 2 N–H and O–H groups in total. The number of hydrogen-bond acceptors (Lipinski definition) is 4. The van der Waals surface area contributed by atoms with Gasteiger partial charge in [-0.15, -0.1) is 23.7 Å². The summed E-state index contributed by atoms with van der Waals surface area (Å²) >= 11 is 1.54. The summed E-state index contributed by atoms with van der Waals surface area (Å²) in [5, 5.41) is 5.70. The molecule has 0 aromatic carbocycles. The number of nitrogens with two attached hydrogens (primary N) is 1. The van der Waals surface area contributed by atoms with Crippen molar-refractivity contribution in [2.75, 3.05) is 13.1 Å². The highest BCUT2D eigenvalue weighted by Crippen LogP contribution is 2.34. The van der Waals surface area contributed by atoms with Crippen molar-refractivity contribution in [2.45, 2.75) is 46.1 Å². The zero-order chi connectivity index (χ0) is 16.9. The molecule has 7 heteroatoms. The molecule has 0 aliphatic carbocycles. The molecule has 1 unspecified atom stereocenters. The first kappa shape index (κ1) is 19.2. The van der Waals surface area contributed by atoms with Crippen LogP contribution in [0.5, 0.6) is 0 Å². The molecule has 0 saturated carbocycles. The van der Waals surface area contributed by atoms with Crippen LogP contribution in [-0.4, -0.2) is 39.7 Å². The molecule has 134 valence electrons. The van der Waals surface area contributed by atoms with Gasteiger partial charge >= 0.3 is 0 Å². The molecule has 1 amide bonds. The van der Waals surface area contributed by atoms with Crippen molar-refractivity contribution in [3.8, 4) is 0 Å². The molecule has 0 radical (unpaired) electrons. The third-order valence-electron chi connectivity index (χ3n) is 4.90. The number of carbonyl (C=O) groups is 1. The Labute approximate surface area is 153 Å². The smallest absolute Gasteiger partial charge is 0.264 e. The topological polar surface area (TPSA) is 64.2 Å². The second-order valence-corrected chi connectivity index (χ2v) is 8.63. The number of nitrogens with zero attached hydrogens (tertiary/aromatic N) is 3. The van der Waals surface area contributed by atoms with Crippen LogP contribution in [0.3, 0.4) is 0 Å². The summed E-state index contributed by atoms with van der Waals surface area (Å²) in [5.41, 5.74) is 7.22. The lowest BCUT2D eigenvalue weighted by Crippen LogP contribution is -2.53. The third-order valence-corrected chi connectivity index (χ3v) is 6.09. The summed E-state index contributed by atoms with van der Waals surface area (Å²) in [6.45, 7) is 10.0. The number of thiophene rings is 1. The van der Waals surface area contributed by atoms with Crippen LogP contribution in [0.25, 0.3) is 10.2 Å². The Morgan fingerprint density at radius 3 is 2.71 bits per heavy atom. The Bertz CT molecular complexity index is 749. The van der Waals surface area contributed by atoms with E-state index in [9.17, 15) is 4.79 Å². The van der Waals surface area contributed by atoms with E-state index in [4.69, 9.17) is 5.73 Å². The van der Waals surface area contributed by atoms with Crippen LogP contribution in [0.15, 0.2) is 6.07 Å². The molecule has 1 aliphatic rings. The van der Waals surface area contributed by atoms with Crippen molar-refractivity contribution in [1.82, 2.24) is 14.7 Å². The van der Waals surface area contributed by atoms with Gasteiger partial charge in [0.2, 0.25) is 0 Å². The minimum absolute atomic E-state index is 0. The van der Waals surface area contributed by atoms with Crippen LogP contribution in [0.4, 0.5) is 0 Å². The zero-order valence-corrected chi connectivity index (χ0v) is 16.6. The predicted molar refractivity (Wildman–Crippen MR) is 102 cm³/mol. The SMILES string of the molecule is CC(C)c1nn(C)c2sc(C(=O)N3CCC(N)C(C)(C)C3)cc12.Cl. The normalized spacial score (nSPS) is 20.5. The van der Waals surface area contributed by atoms with E-state index in [1.54, 1.807) is 11.3 Å². The van der Waals surface area contributed by atoms with E-state index < -0.39 is 0 Å². The van der Waals surface area contributed by atoms with Crippen molar-refractivity contribution in [3.63, 3.8) is 0 Å². The zero-order valence-electron chi connectivity index (χ0n) is 15.0. The fourth-order valence-corrected chi connectivity index (χ4v) is 4.35. The number of aryl methyl sites for hydroxylation is 1. The van der Waals surface area contributed by atoms with Crippen molar-refractivity contribution >= 4 is 39.9 Å². The predicted octanol–water partition coefficient (Wildman–Crippen LogP) is 3.38. The standard InChI is InChI=1S/C17H26N4OS.ClH/c1-10(2)14-11-8-12(23-16(11)20(5)19-14)15(22)21-7-6-13(18)17(3,4)9-21;/h8,10,13H,6-7,9,18H2,1-5H3;1H. The van der Waals surface area contributed by atoms with Crippen molar-refractivity contribution in [3.05, 3.63) is 16.6 Å². The van der Waals surface area contributed by atoms with Gasteiger partial charge in [-0.05, 0) is 23.8 Å². The van der Waals surface area contributed by atoms with E-state index in [0.717, 1.165) is 40.3 Å². The molecule has 0 spiro atoms. The molecule has 3 heterocycles. The van der Waals surface area contributed by atoms with Gasteiger partial charge in [-0.1, -0.05) is 27.7 Å². The number of rotatable bonds is 2. The highest BCUT2D eigenvalue weighted by Gasteiger charge is 2.36. The summed E-state index contributed by atoms with van der Waals surface area (Å²) < 4.78 is 1.89. The number of likely N-dealkylation sites (tertiary alicyclic amines) is 1. The van der Waals surface area contributed by atoms with Crippen LogP contribution in [0.1, 0.15) is 55.4 Å². The number of piperidine rings is 1. The fraction of sp³-hybridized carbons (Fsp3) is 0.647. The molecule has 1 fully saturated rings. The Morgan fingerprint density at radius 2 is 2.12 bits per heavy atom. The quantitative estimate of drug-likeness (QED) is 0.881. The van der Waals surface area contributed by atoms with Gasteiger partial charge in [0, 0.05) is 31.6 Å². The summed E-state index contributed by atoms with van der Waals surface area (Å²) in [5.74, 6) is 0.476. The van der Waals surface area contributed by atoms with Crippen LogP contribution in [0.2, 0.25) is 0 Å². The largest absolute Gasteiger partial charge is 0.337 e. The Balaban J connectivity index is 0.00000208. The lowest BCUT2D eigenvalue weighted by molar-refractivity contribution is 0.0537. The maximum Gasteiger partial charge on any atom is 0.264 e. The Morgan fingerprint density at radius 1 is 1.46 bits per heavy atom. The number of amides is 1. The lowest BCUT2D eigenvalue weighted by atomic mass is 9.79. The van der Waals surface area contributed by atoms with Gasteiger partial charge in [-0.2, -0.15) is 5.10 Å². The van der Waals surface area contributed by atoms with Crippen molar-refractivity contribution < 1.29 is 4.79 Å². The molecule has 2 aromatic heterocycles. The second kappa shape index (κ2) is 6.65. The molecular weight excluding hydrogens is 344 g/mol. The van der Waals surface area contributed by atoms with Gasteiger partial charge in [0.25, 0.3) is 5.91 Å². The van der Waals surface area contributed by atoms with Crippen LogP contribution >= 0.6 is 23.7 Å². The van der Waals surface area contributed by atoms with Crippen molar-refractivity contribution in [2.24, 2.45) is 18.2 Å². The van der Waals surface area contributed by atoms with Gasteiger partial charge < -0.3 is 10.6 Å². The summed E-state index contributed by atoms with van der Waals surface area (Å²) in [6.07, 6.45) is 0.864. The molecule has 1 atom stereocenters. The number of carbonyl (C=O) groups excluding carboxylic acids is 1. The minimum atomic E-state index is -0.0325. The summed E-state index contributed by atoms with van der Waals surface area (Å²) in [7, 11) is 1.95. The molecule has 2 aromatic rings. The Hall–Kier alpha value is -1.11. The highest BCUT2D eigenvalue weighted by molar-refractivity contribution is 7.20. The molecule has 3 rings (SSSR count). The van der Waals surface area contributed by atoms with E-state index in [1.165, 1.54) is 0 Å². The monoisotopic (exact) mass is 370 g/mol. The number of hydrogen-bond donors (Lipinski definition) is 1. The number of fused-ring (bicyclic) bond motifs is 1. The van der Waals surface area contributed by atoms with E-state index in [-0.39, 0.29) is 29.8 Å². The molecular formula is C17H27ClN4OS. The van der Waals surface area contributed by atoms with E-state index >= 15 is 0 Å². The average molecular weight is 371 g/mol. The summed E-state index contributed by atoms with van der Waals surface area (Å²) in [6, 6.07) is 2.18. The molecule has 1 saturated heterocycles. The summed E-state index contributed by atoms with van der Waals surface area (Å²) in [4.78, 5) is 16.8. The maximum atomic E-state index is 12.9. The first-order chi connectivity index (χ1) is 10.7. The van der Waals surface area contributed by atoms with Gasteiger partial charge in [0.15, 0.2) is 0 Å². The average Bonchev–Trinajstić information content (AvgIpc) is 3.02. The number of aromatic nitrogens is 2. The van der Waals surface area contributed by atoms with Crippen LogP contribution in [0, 0.1) is 5.41 Å². The Kier molecular flexibility index (Phi) is 5.33. The van der Waals surface area contributed by atoms with E-state index in [2.05, 4.69) is 32.8 Å². The second-order valence-electron chi connectivity index (χ2n) is 7.60. The lowest BCUT2D eigenvalue weighted by Gasteiger charge is -2.42. The van der Waals surface area contributed by atoms with Gasteiger partial charge in [0.05, 0.1) is 10.6 Å². The van der Waals surface area contributed by atoms with E-state index in [0.29, 0.717) is 5.92 Å². The van der Waals surface area contributed by atoms with E-state index in [1.807, 2.05) is 22.7 Å². The third kappa shape index (κ3) is 3.19.